The van der Waals surface area contributed by atoms with Crippen molar-refractivity contribution in [1.29, 1.82) is 0 Å². The Morgan fingerprint density at radius 1 is 1.32 bits per heavy atom. The number of nitrogens with zero attached hydrogens (tertiary/aromatic N) is 2. The highest BCUT2D eigenvalue weighted by atomic mass is 32.2. The van der Waals surface area contributed by atoms with Crippen LogP contribution >= 0.6 is 0 Å². The van der Waals surface area contributed by atoms with E-state index in [-0.39, 0.29) is 17.7 Å². The third-order valence-corrected chi connectivity index (χ3v) is 4.16. The van der Waals surface area contributed by atoms with Crippen molar-refractivity contribution in [1.82, 2.24) is 14.7 Å². The molecule has 0 saturated carbocycles. The number of nitrogens with one attached hydrogen (secondary N) is 1. The number of unbranched alkanes of at least 4 members (excludes halogenated alkanes) is 1. The Hall–Kier alpha value is -1.01. The van der Waals surface area contributed by atoms with Gasteiger partial charge in [0.2, 0.25) is 10.0 Å². The van der Waals surface area contributed by atoms with E-state index >= 15 is 0 Å². The summed E-state index contributed by atoms with van der Waals surface area (Å²) in [6.45, 7) is 8.36. The second kappa shape index (κ2) is 6.43. The molecule has 0 aromatic carbocycles. The van der Waals surface area contributed by atoms with Crippen LogP contribution in [0, 0.1) is 0 Å². The first-order valence-electron chi connectivity index (χ1n) is 6.53. The summed E-state index contributed by atoms with van der Waals surface area (Å²) in [7, 11) is -3.21. The summed E-state index contributed by atoms with van der Waals surface area (Å²) >= 11 is 0. The first-order chi connectivity index (χ1) is 8.76. The summed E-state index contributed by atoms with van der Waals surface area (Å²) in [5.74, 6) is 0.169. The zero-order valence-corrected chi connectivity index (χ0v) is 12.9. The Bertz CT molecular complexity index is 507. The van der Waals surface area contributed by atoms with Crippen LogP contribution in [0.4, 0.5) is 0 Å². The third kappa shape index (κ3) is 5.24. The topological polar surface area (TPSA) is 72.0 Å². The molecule has 1 aromatic rings. The maximum atomic E-state index is 11.8. The second-order valence-electron chi connectivity index (χ2n) is 5.64. The average Bonchev–Trinajstić information content (AvgIpc) is 2.33. The Morgan fingerprint density at radius 2 is 2.00 bits per heavy atom. The van der Waals surface area contributed by atoms with Crippen LogP contribution < -0.4 is 4.72 Å². The SMILES string of the molecule is CCCCS(=O)(=O)NCc1cncnc1C(C)(C)C. The van der Waals surface area contributed by atoms with Crippen LogP contribution in [-0.2, 0) is 22.0 Å². The Morgan fingerprint density at radius 3 is 2.58 bits per heavy atom. The predicted molar refractivity (Wildman–Crippen MR) is 76.3 cm³/mol. The lowest BCUT2D eigenvalue weighted by atomic mass is 9.89. The fourth-order valence-electron chi connectivity index (χ4n) is 1.76. The molecule has 1 heterocycles. The number of sulfonamides is 1. The minimum atomic E-state index is -3.21. The predicted octanol–water partition coefficient (Wildman–Crippen LogP) is 1.99. The van der Waals surface area contributed by atoms with Crippen molar-refractivity contribution in [3.63, 3.8) is 0 Å². The Kier molecular flexibility index (Phi) is 5.43. The van der Waals surface area contributed by atoms with E-state index in [1.807, 2.05) is 27.7 Å². The summed E-state index contributed by atoms with van der Waals surface area (Å²) in [5, 5.41) is 0. The van der Waals surface area contributed by atoms with E-state index < -0.39 is 10.0 Å². The van der Waals surface area contributed by atoms with E-state index in [4.69, 9.17) is 0 Å². The normalized spacial score (nSPS) is 12.6. The molecule has 0 atom stereocenters. The molecule has 0 aliphatic heterocycles. The van der Waals surface area contributed by atoms with Gasteiger partial charge in [-0.1, -0.05) is 34.1 Å². The van der Waals surface area contributed by atoms with Gasteiger partial charge in [0, 0.05) is 23.7 Å². The number of aromatic nitrogens is 2. The molecular weight excluding hydrogens is 262 g/mol. The van der Waals surface area contributed by atoms with Crippen molar-refractivity contribution in [2.24, 2.45) is 0 Å². The lowest BCUT2D eigenvalue weighted by molar-refractivity contribution is 0.551. The first-order valence-corrected chi connectivity index (χ1v) is 8.18. The molecule has 0 aliphatic rings. The lowest BCUT2D eigenvalue weighted by Crippen LogP contribution is -2.28. The molecule has 108 valence electrons. The maximum Gasteiger partial charge on any atom is 0.211 e. The second-order valence-corrected chi connectivity index (χ2v) is 7.57. The van der Waals surface area contributed by atoms with Crippen molar-refractivity contribution >= 4 is 10.0 Å². The van der Waals surface area contributed by atoms with E-state index in [1.54, 1.807) is 6.20 Å². The fraction of sp³-hybridized carbons (Fsp3) is 0.692. The molecule has 0 bridgehead atoms. The van der Waals surface area contributed by atoms with Gasteiger partial charge in [-0.15, -0.1) is 0 Å². The summed E-state index contributed by atoms with van der Waals surface area (Å²) in [4.78, 5) is 8.24. The van der Waals surface area contributed by atoms with Crippen LogP contribution in [0.25, 0.3) is 0 Å². The highest BCUT2D eigenvalue weighted by Crippen LogP contribution is 2.22. The van der Waals surface area contributed by atoms with Crippen molar-refractivity contribution < 1.29 is 8.42 Å². The molecule has 0 fully saturated rings. The fourth-order valence-corrected chi connectivity index (χ4v) is 2.95. The highest BCUT2D eigenvalue weighted by Gasteiger charge is 2.20. The van der Waals surface area contributed by atoms with E-state index in [0.29, 0.717) is 6.42 Å². The summed E-state index contributed by atoms with van der Waals surface area (Å²) < 4.78 is 26.2. The molecule has 6 heteroatoms. The molecule has 0 aliphatic carbocycles. The van der Waals surface area contributed by atoms with E-state index in [0.717, 1.165) is 17.7 Å². The number of hydrogen-bond donors (Lipinski definition) is 1. The first kappa shape index (κ1) is 16.0. The monoisotopic (exact) mass is 285 g/mol. The van der Waals surface area contributed by atoms with Gasteiger partial charge in [0.1, 0.15) is 6.33 Å². The van der Waals surface area contributed by atoms with Gasteiger partial charge < -0.3 is 0 Å². The van der Waals surface area contributed by atoms with Crippen LogP contribution in [0.5, 0.6) is 0 Å². The standard InChI is InChI=1S/C13H23N3O2S/c1-5-6-7-19(17,18)16-9-11-8-14-10-15-12(11)13(2,3)4/h8,10,16H,5-7,9H2,1-4H3. The average molecular weight is 285 g/mol. The minimum absolute atomic E-state index is 0.132. The van der Waals surface area contributed by atoms with Gasteiger partial charge in [-0.25, -0.2) is 23.1 Å². The smallest absolute Gasteiger partial charge is 0.211 e. The molecule has 1 aromatic heterocycles. The van der Waals surface area contributed by atoms with Crippen LogP contribution in [0.3, 0.4) is 0 Å². The molecule has 1 N–H and O–H groups in total. The molecule has 0 amide bonds. The molecular formula is C13H23N3O2S. The number of hydrogen-bond acceptors (Lipinski definition) is 4. The van der Waals surface area contributed by atoms with Gasteiger partial charge in [0.05, 0.1) is 11.4 Å². The van der Waals surface area contributed by atoms with Gasteiger partial charge in [0.15, 0.2) is 0 Å². The lowest BCUT2D eigenvalue weighted by Gasteiger charge is -2.21. The van der Waals surface area contributed by atoms with Crippen molar-refractivity contribution in [3.8, 4) is 0 Å². The summed E-state index contributed by atoms with van der Waals surface area (Å²) in [6.07, 6.45) is 4.71. The van der Waals surface area contributed by atoms with Crippen LogP contribution in [0.1, 0.15) is 51.8 Å². The van der Waals surface area contributed by atoms with E-state index in [2.05, 4.69) is 14.7 Å². The number of rotatable bonds is 6. The summed E-state index contributed by atoms with van der Waals surface area (Å²) in [5.41, 5.74) is 1.57. The Labute approximate surface area is 115 Å². The molecule has 1 rings (SSSR count). The van der Waals surface area contributed by atoms with Crippen molar-refractivity contribution in [2.45, 2.75) is 52.5 Å². The summed E-state index contributed by atoms with van der Waals surface area (Å²) in [6, 6.07) is 0. The zero-order chi connectivity index (χ0) is 14.5. The molecule has 0 radical (unpaired) electrons. The molecule has 0 unspecified atom stereocenters. The molecule has 0 saturated heterocycles. The van der Waals surface area contributed by atoms with Gasteiger partial charge in [-0.3, -0.25) is 0 Å². The van der Waals surface area contributed by atoms with Gasteiger partial charge in [-0.05, 0) is 6.42 Å². The third-order valence-electron chi connectivity index (χ3n) is 2.75. The van der Waals surface area contributed by atoms with Gasteiger partial charge in [-0.2, -0.15) is 0 Å². The largest absolute Gasteiger partial charge is 0.244 e. The van der Waals surface area contributed by atoms with Crippen molar-refractivity contribution in [2.75, 3.05) is 5.75 Å². The van der Waals surface area contributed by atoms with E-state index in [9.17, 15) is 8.42 Å². The molecule has 5 nitrogen and oxygen atoms in total. The van der Waals surface area contributed by atoms with Crippen LogP contribution in [0.2, 0.25) is 0 Å². The van der Waals surface area contributed by atoms with Crippen molar-refractivity contribution in [3.05, 3.63) is 23.8 Å². The van der Waals surface area contributed by atoms with Crippen LogP contribution in [0.15, 0.2) is 12.5 Å². The quantitative estimate of drug-likeness (QED) is 0.867. The molecule has 0 spiro atoms. The highest BCUT2D eigenvalue weighted by molar-refractivity contribution is 7.89. The van der Waals surface area contributed by atoms with E-state index in [1.165, 1.54) is 6.33 Å². The maximum absolute atomic E-state index is 11.8. The van der Waals surface area contributed by atoms with Gasteiger partial charge in [0.25, 0.3) is 0 Å². The zero-order valence-electron chi connectivity index (χ0n) is 12.1. The molecule has 19 heavy (non-hydrogen) atoms. The minimum Gasteiger partial charge on any atom is -0.244 e. The van der Waals surface area contributed by atoms with Crippen LogP contribution in [-0.4, -0.2) is 24.1 Å². The van der Waals surface area contributed by atoms with Gasteiger partial charge >= 0.3 is 0 Å². The Balaban J connectivity index is 2.79.